The van der Waals surface area contributed by atoms with Gasteiger partial charge in [-0.2, -0.15) is 0 Å². The lowest BCUT2D eigenvalue weighted by Crippen LogP contribution is -2.14. The Kier molecular flexibility index (Phi) is 4.47. The van der Waals surface area contributed by atoms with Gasteiger partial charge in [0.2, 0.25) is 0 Å². The fourth-order valence-corrected chi connectivity index (χ4v) is 2.95. The highest BCUT2D eigenvalue weighted by atomic mass is 16.5. The highest BCUT2D eigenvalue weighted by Crippen LogP contribution is 2.31. The molecule has 0 fully saturated rings. The average Bonchev–Trinajstić information content (AvgIpc) is 3.01. The lowest BCUT2D eigenvalue weighted by Gasteiger charge is -2.17. The molecule has 0 spiro atoms. The number of hydrogen-bond donors (Lipinski definition) is 0. The van der Waals surface area contributed by atoms with Gasteiger partial charge in [-0.1, -0.05) is 30.3 Å². The monoisotopic (exact) mass is 321 g/mol. The molecule has 0 radical (unpaired) electrons. The van der Waals surface area contributed by atoms with Crippen molar-refractivity contribution >= 4 is 23.0 Å². The Hall–Kier alpha value is -2.88. The molecule has 1 aliphatic heterocycles. The molecule has 2 aromatic carbocycles. The van der Waals surface area contributed by atoms with E-state index >= 15 is 0 Å². The zero-order valence-electron chi connectivity index (χ0n) is 13.8. The number of anilines is 1. The second kappa shape index (κ2) is 6.71. The van der Waals surface area contributed by atoms with Gasteiger partial charge in [-0.05, 0) is 42.7 Å². The standard InChI is InChI=1S/C20H19NO3/c1-14(22)18(15-6-4-3-5-7-15)13-21-11-10-16-12-17(20(23)24-2)8-9-19(16)21/h3-9,12-13H,10-11H2,1-2H3/b18-13+. The molecule has 1 heterocycles. The molecule has 0 atom stereocenters. The topological polar surface area (TPSA) is 46.6 Å². The molecule has 0 amide bonds. The second-order valence-corrected chi connectivity index (χ2v) is 5.74. The number of carbonyl (C=O) groups is 2. The van der Waals surface area contributed by atoms with E-state index in [0.717, 1.165) is 29.8 Å². The molecule has 3 rings (SSSR count). The van der Waals surface area contributed by atoms with Gasteiger partial charge in [-0.15, -0.1) is 0 Å². The highest BCUT2D eigenvalue weighted by Gasteiger charge is 2.21. The number of fused-ring (bicyclic) bond motifs is 1. The van der Waals surface area contributed by atoms with Gasteiger partial charge in [0.15, 0.2) is 5.78 Å². The van der Waals surface area contributed by atoms with Crippen LogP contribution >= 0.6 is 0 Å². The van der Waals surface area contributed by atoms with Crippen molar-refractivity contribution in [2.24, 2.45) is 0 Å². The Morgan fingerprint density at radius 3 is 2.50 bits per heavy atom. The first-order chi connectivity index (χ1) is 11.6. The Morgan fingerprint density at radius 2 is 1.83 bits per heavy atom. The fraction of sp³-hybridized carbons (Fsp3) is 0.200. The number of benzene rings is 2. The van der Waals surface area contributed by atoms with E-state index < -0.39 is 0 Å². The third-order valence-corrected chi connectivity index (χ3v) is 4.18. The van der Waals surface area contributed by atoms with Crippen LogP contribution in [0.25, 0.3) is 5.57 Å². The number of nitrogens with zero attached hydrogens (tertiary/aromatic N) is 1. The Bertz CT molecular complexity index is 809. The zero-order chi connectivity index (χ0) is 17.1. The third kappa shape index (κ3) is 3.08. The molecule has 2 aromatic rings. The molecule has 122 valence electrons. The number of methoxy groups -OCH3 is 1. The molecule has 0 saturated carbocycles. The van der Waals surface area contributed by atoms with Crippen molar-refractivity contribution in [3.05, 3.63) is 71.4 Å². The molecule has 0 unspecified atom stereocenters. The normalized spacial score (nSPS) is 13.6. The van der Waals surface area contributed by atoms with Gasteiger partial charge in [0.1, 0.15) is 0 Å². The van der Waals surface area contributed by atoms with Crippen LogP contribution in [-0.2, 0) is 16.0 Å². The van der Waals surface area contributed by atoms with Crippen LogP contribution in [0.4, 0.5) is 5.69 Å². The van der Waals surface area contributed by atoms with E-state index in [1.807, 2.05) is 48.7 Å². The number of rotatable bonds is 4. The summed E-state index contributed by atoms with van der Waals surface area (Å²) in [6.07, 6.45) is 2.73. The van der Waals surface area contributed by atoms with Crippen molar-refractivity contribution in [3.63, 3.8) is 0 Å². The lowest BCUT2D eigenvalue weighted by atomic mass is 10.0. The molecule has 0 aliphatic carbocycles. The van der Waals surface area contributed by atoms with Gasteiger partial charge in [0.25, 0.3) is 0 Å². The average molecular weight is 321 g/mol. The smallest absolute Gasteiger partial charge is 0.337 e. The van der Waals surface area contributed by atoms with Crippen molar-refractivity contribution < 1.29 is 14.3 Å². The van der Waals surface area contributed by atoms with E-state index in [2.05, 4.69) is 4.90 Å². The summed E-state index contributed by atoms with van der Waals surface area (Å²) in [5.41, 5.74) is 4.25. The van der Waals surface area contributed by atoms with Crippen LogP contribution in [0.5, 0.6) is 0 Å². The number of ether oxygens (including phenoxy) is 1. The molecule has 4 heteroatoms. The number of esters is 1. The minimum atomic E-state index is -0.333. The summed E-state index contributed by atoms with van der Waals surface area (Å²) < 4.78 is 4.77. The predicted octanol–water partition coefficient (Wildman–Crippen LogP) is 3.47. The summed E-state index contributed by atoms with van der Waals surface area (Å²) in [7, 11) is 1.38. The summed E-state index contributed by atoms with van der Waals surface area (Å²) in [6.45, 7) is 2.36. The van der Waals surface area contributed by atoms with Gasteiger partial charge in [-0.25, -0.2) is 4.79 Å². The van der Waals surface area contributed by atoms with E-state index in [-0.39, 0.29) is 11.8 Å². The summed E-state index contributed by atoms with van der Waals surface area (Å²) in [5, 5.41) is 0. The van der Waals surface area contributed by atoms with Crippen LogP contribution in [0.1, 0.15) is 28.4 Å². The molecule has 4 nitrogen and oxygen atoms in total. The zero-order valence-corrected chi connectivity index (χ0v) is 13.8. The van der Waals surface area contributed by atoms with E-state index in [9.17, 15) is 9.59 Å². The molecular weight excluding hydrogens is 302 g/mol. The molecule has 0 aromatic heterocycles. The van der Waals surface area contributed by atoms with Crippen molar-refractivity contribution in [2.75, 3.05) is 18.6 Å². The van der Waals surface area contributed by atoms with Crippen molar-refractivity contribution in [1.29, 1.82) is 0 Å². The summed E-state index contributed by atoms with van der Waals surface area (Å²) in [5.74, 6) is -0.304. The number of Topliss-reactive ketones (excluding diaryl/α,β-unsaturated/α-hetero) is 1. The summed E-state index contributed by atoms with van der Waals surface area (Å²) in [6, 6.07) is 15.2. The third-order valence-electron chi connectivity index (χ3n) is 4.18. The minimum Gasteiger partial charge on any atom is -0.465 e. The van der Waals surface area contributed by atoms with E-state index in [4.69, 9.17) is 4.74 Å². The second-order valence-electron chi connectivity index (χ2n) is 5.74. The first kappa shape index (κ1) is 16.0. The minimum absolute atomic E-state index is 0.0285. The molecule has 0 N–H and O–H groups in total. The lowest BCUT2D eigenvalue weighted by molar-refractivity contribution is -0.111. The number of hydrogen-bond acceptors (Lipinski definition) is 4. The molecule has 0 saturated heterocycles. The molecule has 1 aliphatic rings. The van der Waals surface area contributed by atoms with Crippen LogP contribution in [0.2, 0.25) is 0 Å². The number of allylic oxidation sites excluding steroid dienone is 1. The Morgan fingerprint density at radius 1 is 1.08 bits per heavy atom. The maximum atomic E-state index is 12.1. The van der Waals surface area contributed by atoms with E-state index in [0.29, 0.717) is 11.1 Å². The van der Waals surface area contributed by atoms with Crippen molar-refractivity contribution in [1.82, 2.24) is 0 Å². The van der Waals surface area contributed by atoms with Gasteiger partial charge in [-0.3, -0.25) is 4.79 Å². The van der Waals surface area contributed by atoms with Crippen LogP contribution in [0.3, 0.4) is 0 Å². The van der Waals surface area contributed by atoms with Crippen LogP contribution in [-0.4, -0.2) is 25.4 Å². The van der Waals surface area contributed by atoms with E-state index in [1.165, 1.54) is 7.11 Å². The van der Waals surface area contributed by atoms with Gasteiger partial charge >= 0.3 is 5.97 Å². The molecule has 0 bridgehead atoms. The highest BCUT2D eigenvalue weighted by molar-refractivity contribution is 6.19. The maximum absolute atomic E-state index is 12.1. The van der Waals surface area contributed by atoms with Crippen molar-refractivity contribution in [2.45, 2.75) is 13.3 Å². The van der Waals surface area contributed by atoms with Crippen LogP contribution < -0.4 is 4.90 Å². The Labute approximate surface area is 141 Å². The summed E-state index contributed by atoms with van der Waals surface area (Å²) in [4.78, 5) is 25.8. The first-order valence-electron chi connectivity index (χ1n) is 7.86. The van der Waals surface area contributed by atoms with Gasteiger partial charge in [0.05, 0.1) is 12.7 Å². The molecular formula is C20H19NO3. The fourth-order valence-electron chi connectivity index (χ4n) is 2.95. The van der Waals surface area contributed by atoms with E-state index in [1.54, 1.807) is 13.0 Å². The maximum Gasteiger partial charge on any atom is 0.337 e. The molecule has 24 heavy (non-hydrogen) atoms. The summed E-state index contributed by atoms with van der Waals surface area (Å²) >= 11 is 0. The quantitative estimate of drug-likeness (QED) is 0.639. The SMILES string of the molecule is COC(=O)c1ccc2c(c1)CCN2/C=C(\C(C)=O)c1ccccc1. The first-order valence-corrected chi connectivity index (χ1v) is 7.86. The number of ketones is 1. The predicted molar refractivity (Wildman–Crippen MR) is 93.9 cm³/mol. The largest absolute Gasteiger partial charge is 0.465 e. The van der Waals surface area contributed by atoms with Crippen LogP contribution in [0, 0.1) is 0 Å². The van der Waals surface area contributed by atoms with Gasteiger partial charge < -0.3 is 9.64 Å². The van der Waals surface area contributed by atoms with Crippen molar-refractivity contribution in [3.8, 4) is 0 Å². The van der Waals surface area contributed by atoms with Crippen LogP contribution in [0.15, 0.2) is 54.7 Å². The Balaban J connectivity index is 1.95. The number of carbonyl (C=O) groups excluding carboxylic acids is 2. The van der Waals surface area contributed by atoms with Gasteiger partial charge in [0, 0.05) is 24.0 Å².